The lowest BCUT2D eigenvalue weighted by Crippen LogP contribution is -1.98. The second-order valence-electron chi connectivity index (χ2n) is 4.16. The van der Waals surface area contributed by atoms with Gasteiger partial charge in [-0.25, -0.2) is 0 Å². The monoisotopic (exact) mass is 302 g/mol. The first-order valence-electron chi connectivity index (χ1n) is 5.65. The fourth-order valence-corrected chi connectivity index (χ4v) is 2.51. The molecule has 0 fully saturated rings. The van der Waals surface area contributed by atoms with E-state index in [1.807, 2.05) is 36.4 Å². The van der Waals surface area contributed by atoms with Crippen LogP contribution in [-0.2, 0) is 0 Å². The first-order valence-corrected chi connectivity index (χ1v) is 6.44. The van der Waals surface area contributed by atoms with E-state index in [2.05, 4.69) is 22.0 Å². The number of fused-ring (bicyclic) bond motifs is 1. The summed E-state index contributed by atoms with van der Waals surface area (Å²) in [4.78, 5) is 0. The largest absolute Gasteiger partial charge is 0.457 e. The maximum absolute atomic E-state index is 10.3. The summed E-state index contributed by atoms with van der Waals surface area (Å²) < 4.78 is 5.72. The Morgan fingerprint density at radius 1 is 1.00 bits per heavy atom. The predicted molar refractivity (Wildman–Crippen MR) is 74.4 cm³/mol. The van der Waals surface area contributed by atoms with Gasteiger partial charge in [-0.15, -0.1) is 0 Å². The molecular formula is C15H11BrO2. The molecule has 0 aliphatic heterocycles. The number of hydrogen-bond donors (Lipinski definition) is 1. The van der Waals surface area contributed by atoms with E-state index in [-0.39, 0.29) is 0 Å². The Kier molecular flexibility index (Phi) is 2.94. The third kappa shape index (κ3) is 1.96. The Hall–Kier alpha value is -1.58. The third-order valence-corrected chi connectivity index (χ3v) is 3.67. The quantitative estimate of drug-likeness (QED) is 0.766. The number of hydrogen-bond acceptors (Lipinski definition) is 2. The molecule has 0 bridgehead atoms. The van der Waals surface area contributed by atoms with Crippen molar-refractivity contribution in [3.8, 4) is 0 Å². The van der Waals surface area contributed by atoms with Crippen molar-refractivity contribution in [3.05, 3.63) is 70.6 Å². The van der Waals surface area contributed by atoms with Crippen molar-refractivity contribution >= 4 is 26.7 Å². The van der Waals surface area contributed by atoms with E-state index in [1.54, 1.807) is 12.3 Å². The molecular weight excluding hydrogens is 292 g/mol. The zero-order valence-corrected chi connectivity index (χ0v) is 11.1. The zero-order chi connectivity index (χ0) is 12.5. The van der Waals surface area contributed by atoms with E-state index in [9.17, 15) is 5.11 Å². The van der Waals surface area contributed by atoms with Crippen LogP contribution in [-0.4, -0.2) is 5.11 Å². The van der Waals surface area contributed by atoms with Crippen LogP contribution in [0, 0.1) is 0 Å². The molecule has 1 heterocycles. The van der Waals surface area contributed by atoms with Gasteiger partial charge in [0.2, 0.25) is 0 Å². The summed E-state index contributed by atoms with van der Waals surface area (Å²) >= 11 is 3.29. The van der Waals surface area contributed by atoms with Crippen molar-refractivity contribution in [2.24, 2.45) is 0 Å². The molecule has 2 aromatic carbocycles. The maximum atomic E-state index is 10.3. The Morgan fingerprint density at radius 3 is 2.50 bits per heavy atom. The molecule has 0 aliphatic rings. The van der Waals surface area contributed by atoms with E-state index in [0.29, 0.717) is 4.67 Å². The van der Waals surface area contributed by atoms with E-state index in [0.717, 1.165) is 16.5 Å². The third-order valence-electron chi connectivity index (χ3n) is 3.03. The van der Waals surface area contributed by atoms with Crippen molar-refractivity contribution in [1.29, 1.82) is 0 Å². The Labute approximate surface area is 113 Å². The first kappa shape index (κ1) is 11.5. The number of rotatable bonds is 2. The summed E-state index contributed by atoms with van der Waals surface area (Å²) in [7, 11) is 0. The van der Waals surface area contributed by atoms with Gasteiger partial charge >= 0.3 is 0 Å². The maximum Gasteiger partial charge on any atom is 0.175 e. The van der Waals surface area contributed by atoms with Crippen molar-refractivity contribution in [3.63, 3.8) is 0 Å². The fraction of sp³-hybridized carbons (Fsp3) is 0.0667. The van der Waals surface area contributed by atoms with Gasteiger partial charge in [0, 0.05) is 5.56 Å². The Morgan fingerprint density at radius 2 is 1.78 bits per heavy atom. The number of benzene rings is 2. The average molecular weight is 303 g/mol. The lowest BCUT2D eigenvalue weighted by molar-refractivity contribution is 0.218. The zero-order valence-electron chi connectivity index (χ0n) is 9.51. The minimum atomic E-state index is -0.678. The fourth-order valence-electron chi connectivity index (χ4n) is 2.06. The Balaban J connectivity index is 2.07. The molecule has 18 heavy (non-hydrogen) atoms. The summed E-state index contributed by atoms with van der Waals surface area (Å²) in [5.74, 6) is 0. The average Bonchev–Trinajstić information content (AvgIpc) is 2.83. The van der Waals surface area contributed by atoms with Crippen LogP contribution in [0.25, 0.3) is 10.8 Å². The van der Waals surface area contributed by atoms with Gasteiger partial charge in [0.25, 0.3) is 0 Å². The number of furan rings is 1. The van der Waals surface area contributed by atoms with Crippen molar-refractivity contribution in [1.82, 2.24) is 0 Å². The van der Waals surface area contributed by atoms with Gasteiger partial charge in [0.1, 0.15) is 6.10 Å². The molecule has 1 unspecified atom stereocenters. The molecule has 2 nitrogen and oxygen atoms in total. The van der Waals surface area contributed by atoms with Crippen LogP contribution in [0.1, 0.15) is 17.2 Å². The summed E-state index contributed by atoms with van der Waals surface area (Å²) in [5, 5.41) is 12.6. The molecule has 0 saturated heterocycles. The van der Waals surface area contributed by atoms with Crippen LogP contribution in [0.5, 0.6) is 0 Å². The molecule has 0 spiro atoms. The predicted octanol–water partition coefficient (Wildman–Crippen LogP) is 4.28. The number of aliphatic hydroxyl groups is 1. The van der Waals surface area contributed by atoms with Gasteiger partial charge < -0.3 is 9.52 Å². The summed E-state index contributed by atoms with van der Waals surface area (Å²) in [6.45, 7) is 0. The molecule has 1 atom stereocenters. The highest BCUT2D eigenvalue weighted by Crippen LogP contribution is 2.30. The lowest BCUT2D eigenvalue weighted by atomic mass is 10.0. The topological polar surface area (TPSA) is 33.4 Å². The molecule has 90 valence electrons. The molecule has 0 aliphatic carbocycles. The van der Waals surface area contributed by atoms with Crippen LogP contribution >= 0.6 is 15.9 Å². The first-order chi connectivity index (χ1) is 8.75. The van der Waals surface area contributed by atoms with E-state index in [1.165, 1.54) is 5.39 Å². The number of aliphatic hydroxyl groups excluding tert-OH is 1. The van der Waals surface area contributed by atoms with Gasteiger partial charge in [-0.2, -0.15) is 0 Å². The standard InChI is InChI=1S/C15H11BrO2/c16-15-13(7-8-18-15)14(17)12-6-5-10-3-1-2-4-11(10)9-12/h1-9,14,17H. The van der Waals surface area contributed by atoms with Crippen molar-refractivity contribution < 1.29 is 9.52 Å². The SMILES string of the molecule is OC(c1ccc2ccccc2c1)c1ccoc1Br. The van der Waals surface area contributed by atoms with Crippen LogP contribution in [0.15, 0.2) is 63.9 Å². The minimum Gasteiger partial charge on any atom is -0.457 e. The van der Waals surface area contributed by atoms with Crippen LogP contribution in [0.4, 0.5) is 0 Å². The number of halogens is 1. The summed E-state index contributed by atoms with van der Waals surface area (Å²) in [6.07, 6.45) is 0.881. The van der Waals surface area contributed by atoms with E-state index >= 15 is 0 Å². The molecule has 1 N–H and O–H groups in total. The van der Waals surface area contributed by atoms with Crippen LogP contribution in [0.3, 0.4) is 0 Å². The van der Waals surface area contributed by atoms with Crippen molar-refractivity contribution in [2.75, 3.05) is 0 Å². The highest BCUT2D eigenvalue weighted by molar-refractivity contribution is 9.10. The normalized spacial score (nSPS) is 12.8. The van der Waals surface area contributed by atoms with Gasteiger partial charge in [0.05, 0.1) is 6.26 Å². The van der Waals surface area contributed by atoms with Crippen LogP contribution < -0.4 is 0 Å². The Bertz CT molecular complexity index is 688. The second kappa shape index (κ2) is 4.59. The smallest absolute Gasteiger partial charge is 0.175 e. The molecule has 3 aromatic rings. The van der Waals surface area contributed by atoms with Gasteiger partial charge in [0.15, 0.2) is 4.67 Å². The molecule has 0 radical (unpaired) electrons. The summed E-state index contributed by atoms with van der Waals surface area (Å²) in [6, 6.07) is 15.8. The van der Waals surface area contributed by atoms with E-state index in [4.69, 9.17) is 4.42 Å². The van der Waals surface area contributed by atoms with E-state index < -0.39 is 6.10 Å². The molecule has 1 aromatic heterocycles. The van der Waals surface area contributed by atoms with Crippen LogP contribution in [0.2, 0.25) is 0 Å². The molecule has 0 saturated carbocycles. The van der Waals surface area contributed by atoms with Gasteiger partial charge in [-0.05, 0) is 44.4 Å². The molecule has 3 rings (SSSR count). The molecule has 0 amide bonds. The van der Waals surface area contributed by atoms with Crippen molar-refractivity contribution in [2.45, 2.75) is 6.10 Å². The molecule has 3 heteroatoms. The highest BCUT2D eigenvalue weighted by Gasteiger charge is 2.15. The summed E-state index contributed by atoms with van der Waals surface area (Å²) in [5.41, 5.74) is 1.60. The lowest BCUT2D eigenvalue weighted by Gasteiger charge is -2.10. The van der Waals surface area contributed by atoms with Gasteiger partial charge in [-0.3, -0.25) is 0 Å². The second-order valence-corrected chi connectivity index (χ2v) is 4.88. The highest BCUT2D eigenvalue weighted by atomic mass is 79.9. The minimum absolute atomic E-state index is 0.572. The van der Waals surface area contributed by atoms with Gasteiger partial charge in [-0.1, -0.05) is 36.4 Å².